The van der Waals surface area contributed by atoms with Crippen molar-refractivity contribution in [2.75, 3.05) is 31.1 Å². The maximum absolute atomic E-state index is 12.7. The van der Waals surface area contributed by atoms with Crippen molar-refractivity contribution in [3.05, 3.63) is 52.1 Å². The molecule has 28 heavy (non-hydrogen) atoms. The van der Waals surface area contributed by atoms with Crippen LogP contribution in [0.3, 0.4) is 0 Å². The maximum Gasteiger partial charge on any atom is 0.263 e. The van der Waals surface area contributed by atoms with Crippen LogP contribution in [0.1, 0.15) is 24.2 Å². The number of hydrogen-bond acceptors (Lipinski definition) is 5. The van der Waals surface area contributed by atoms with Crippen LogP contribution in [0.25, 0.3) is 0 Å². The first-order valence-corrected chi connectivity index (χ1v) is 9.73. The van der Waals surface area contributed by atoms with Gasteiger partial charge in [0.2, 0.25) is 0 Å². The summed E-state index contributed by atoms with van der Waals surface area (Å²) in [5.41, 5.74) is 0.554. The van der Waals surface area contributed by atoms with E-state index in [1.807, 2.05) is 4.90 Å². The van der Waals surface area contributed by atoms with Gasteiger partial charge in [-0.3, -0.25) is 9.59 Å². The number of aromatic nitrogens is 1. The second-order valence-corrected chi connectivity index (χ2v) is 7.46. The van der Waals surface area contributed by atoms with E-state index in [1.165, 1.54) is 6.92 Å². The number of pyridine rings is 1. The molecular formula is C20H21Cl2N3O3. The molecule has 1 fully saturated rings. The van der Waals surface area contributed by atoms with E-state index in [2.05, 4.69) is 4.98 Å². The lowest BCUT2D eigenvalue weighted by atomic mass is 10.1. The fourth-order valence-electron chi connectivity index (χ4n) is 3.08. The van der Waals surface area contributed by atoms with E-state index in [-0.39, 0.29) is 11.7 Å². The topological polar surface area (TPSA) is 62.7 Å². The van der Waals surface area contributed by atoms with Gasteiger partial charge in [-0.25, -0.2) is 4.98 Å². The minimum absolute atomic E-state index is 0.0463. The van der Waals surface area contributed by atoms with Gasteiger partial charge in [0.05, 0.1) is 10.0 Å². The minimum atomic E-state index is -0.647. The Bertz CT molecular complexity index is 883. The van der Waals surface area contributed by atoms with Crippen LogP contribution in [-0.2, 0) is 4.79 Å². The summed E-state index contributed by atoms with van der Waals surface area (Å²) >= 11 is 12.1. The molecule has 2 heterocycles. The largest absolute Gasteiger partial charge is 0.481 e. The number of anilines is 1. The predicted octanol–water partition coefficient (Wildman–Crippen LogP) is 3.71. The number of piperazine rings is 1. The Morgan fingerprint density at radius 2 is 1.86 bits per heavy atom. The second-order valence-electron chi connectivity index (χ2n) is 6.62. The molecule has 148 valence electrons. The molecule has 0 radical (unpaired) electrons. The summed E-state index contributed by atoms with van der Waals surface area (Å²) in [5, 5.41) is 0.983. The molecule has 0 N–H and O–H groups in total. The number of carbonyl (C=O) groups excluding carboxylic acids is 2. The van der Waals surface area contributed by atoms with E-state index >= 15 is 0 Å². The van der Waals surface area contributed by atoms with E-state index in [4.69, 9.17) is 27.9 Å². The minimum Gasteiger partial charge on any atom is -0.481 e. The molecule has 1 saturated heterocycles. The summed E-state index contributed by atoms with van der Waals surface area (Å²) in [6, 6.07) is 8.51. The number of rotatable bonds is 5. The Labute approximate surface area is 174 Å². The number of Topliss-reactive ketones (excluding diaryl/α,β-unsaturated/α-hetero) is 1. The molecule has 1 aliphatic rings. The van der Waals surface area contributed by atoms with Crippen LogP contribution in [-0.4, -0.2) is 53.9 Å². The van der Waals surface area contributed by atoms with Crippen LogP contribution in [0.15, 0.2) is 36.5 Å². The summed E-state index contributed by atoms with van der Waals surface area (Å²) < 4.78 is 5.76. The Morgan fingerprint density at radius 3 is 2.50 bits per heavy atom. The molecule has 3 rings (SSSR count). The highest BCUT2D eigenvalue weighted by atomic mass is 35.5. The molecule has 1 amide bonds. The lowest BCUT2D eigenvalue weighted by molar-refractivity contribution is -0.138. The molecule has 8 heteroatoms. The highest BCUT2D eigenvalue weighted by Gasteiger charge is 2.27. The van der Waals surface area contributed by atoms with Gasteiger partial charge in [-0.1, -0.05) is 35.3 Å². The third kappa shape index (κ3) is 4.75. The molecule has 1 aliphatic heterocycles. The first kappa shape index (κ1) is 20.4. The van der Waals surface area contributed by atoms with Crippen molar-refractivity contribution in [3.8, 4) is 5.75 Å². The number of ether oxygens (including phenoxy) is 1. The van der Waals surface area contributed by atoms with Crippen LogP contribution in [0, 0.1) is 0 Å². The number of halogens is 2. The van der Waals surface area contributed by atoms with Gasteiger partial charge in [-0.15, -0.1) is 0 Å². The number of carbonyl (C=O) groups is 2. The molecule has 0 aliphatic carbocycles. The fraction of sp³-hybridized carbons (Fsp3) is 0.350. The zero-order valence-corrected chi connectivity index (χ0v) is 17.2. The molecule has 1 unspecified atom stereocenters. The fourth-order valence-corrected chi connectivity index (χ4v) is 3.58. The molecule has 0 spiro atoms. The van der Waals surface area contributed by atoms with Gasteiger partial charge in [0, 0.05) is 37.9 Å². The standard InChI is InChI=1S/C20H21Cl2N3O3/c1-13(26)15-4-3-5-17(10-15)28-14(2)20(27)25-8-6-24(7-9-25)19-18(22)11-16(21)12-23-19/h3-5,10-12,14H,6-9H2,1-2H3. The second kappa shape index (κ2) is 8.80. The first-order chi connectivity index (χ1) is 13.3. The van der Waals surface area contributed by atoms with E-state index in [0.29, 0.717) is 53.4 Å². The number of benzene rings is 1. The smallest absolute Gasteiger partial charge is 0.263 e. The summed E-state index contributed by atoms with van der Waals surface area (Å²) in [6.07, 6.45) is 0.914. The van der Waals surface area contributed by atoms with Gasteiger partial charge in [0.25, 0.3) is 5.91 Å². The monoisotopic (exact) mass is 421 g/mol. The van der Waals surface area contributed by atoms with Crippen LogP contribution in [0.2, 0.25) is 10.0 Å². The van der Waals surface area contributed by atoms with Gasteiger partial charge in [0.1, 0.15) is 11.6 Å². The Hall–Kier alpha value is -2.31. The van der Waals surface area contributed by atoms with E-state index in [0.717, 1.165) is 0 Å². The molecule has 2 aromatic rings. The highest BCUT2D eigenvalue weighted by Crippen LogP contribution is 2.27. The van der Waals surface area contributed by atoms with Crippen LogP contribution in [0.5, 0.6) is 5.75 Å². The third-order valence-electron chi connectivity index (χ3n) is 4.58. The van der Waals surface area contributed by atoms with Gasteiger partial charge in [-0.2, -0.15) is 0 Å². The van der Waals surface area contributed by atoms with Crippen molar-refractivity contribution in [3.63, 3.8) is 0 Å². The number of amides is 1. The summed E-state index contributed by atoms with van der Waals surface area (Å²) in [5.74, 6) is 1.03. The van der Waals surface area contributed by atoms with Crippen LogP contribution < -0.4 is 9.64 Å². The average Bonchev–Trinajstić information content (AvgIpc) is 2.68. The van der Waals surface area contributed by atoms with Gasteiger partial charge >= 0.3 is 0 Å². The van der Waals surface area contributed by atoms with E-state index in [1.54, 1.807) is 48.4 Å². The Balaban J connectivity index is 1.58. The molecule has 1 aromatic carbocycles. The number of nitrogens with zero attached hydrogens (tertiary/aromatic N) is 3. The SMILES string of the molecule is CC(=O)c1cccc(OC(C)C(=O)N2CCN(c3ncc(Cl)cc3Cl)CC2)c1. The van der Waals surface area contributed by atoms with Gasteiger partial charge in [0.15, 0.2) is 11.9 Å². The zero-order chi connectivity index (χ0) is 20.3. The zero-order valence-electron chi connectivity index (χ0n) is 15.7. The molecule has 0 saturated carbocycles. The van der Waals surface area contributed by atoms with Crippen molar-refractivity contribution in [2.24, 2.45) is 0 Å². The van der Waals surface area contributed by atoms with Gasteiger partial charge in [-0.05, 0) is 32.0 Å². The molecular weight excluding hydrogens is 401 g/mol. The van der Waals surface area contributed by atoms with Crippen molar-refractivity contribution < 1.29 is 14.3 Å². The van der Waals surface area contributed by atoms with Crippen LogP contribution in [0.4, 0.5) is 5.82 Å². The first-order valence-electron chi connectivity index (χ1n) is 8.97. The number of hydrogen-bond donors (Lipinski definition) is 0. The average molecular weight is 422 g/mol. The summed E-state index contributed by atoms with van der Waals surface area (Å²) in [6.45, 7) is 5.53. The van der Waals surface area contributed by atoms with Crippen molar-refractivity contribution in [2.45, 2.75) is 20.0 Å². The van der Waals surface area contributed by atoms with Crippen molar-refractivity contribution >= 4 is 40.7 Å². The van der Waals surface area contributed by atoms with Crippen LogP contribution >= 0.6 is 23.2 Å². The number of ketones is 1. The lowest BCUT2D eigenvalue weighted by Crippen LogP contribution is -2.52. The summed E-state index contributed by atoms with van der Waals surface area (Å²) in [7, 11) is 0. The highest BCUT2D eigenvalue weighted by molar-refractivity contribution is 6.36. The van der Waals surface area contributed by atoms with Crippen molar-refractivity contribution in [1.82, 2.24) is 9.88 Å². The molecule has 0 bridgehead atoms. The van der Waals surface area contributed by atoms with Gasteiger partial charge < -0.3 is 14.5 Å². The lowest BCUT2D eigenvalue weighted by Gasteiger charge is -2.36. The van der Waals surface area contributed by atoms with E-state index < -0.39 is 6.10 Å². The van der Waals surface area contributed by atoms with E-state index in [9.17, 15) is 9.59 Å². The third-order valence-corrected chi connectivity index (χ3v) is 5.07. The predicted molar refractivity (Wildman–Crippen MR) is 110 cm³/mol. The Morgan fingerprint density at radius 1 is 1.14 bits per heavy atom. The summed E-state index contributed by atoms with van der Waals surface area (Å²) in [4.78, 5) is 32.3. The van der Waals surface area contributed by atoms with Crippen molar-refractivity contribution in [1.29, 1.82) is 0 Å². The molecule has 6 nitrogen and oxygen atoms in total. The normalized spacial score (nSPS) is 15.3. The molecule has 1 aromatic heterocycles. The Kier molecular flexibility index (Phi) is 6.42. The quantitative estimate of drug-likeness (QED) is 0.688. The maximum atomic E-state index is 12.7. The molecule has 1 atom stereocenters.